The van der Waals surface area contributed by atoms with Gasteiger partial charge in [-0.2, -0.15) is 0 Å². The number of fused-ring (bicyclic) bond motifs is 1. The Morgan fingerprint density at radius 3 is 3.00 bits per heavy atom. The number of aryl methyl sites for hydroxylation is 1. The fraction of sp³-hybridized carbons (Fsp3) is 0.455. The Balaban J connectivity index is 2.49. The molecular formula is C11H15NO. The zero-order chi connectivity index (χ0) is 9.42. The van der Waals surface area contributed by atoms with Crippen molar-refractivity contribution < 1.29 is 5.11 Å². The molecule has 0 saturated heterocycles. The average molecular weight is 177 g/mol. The van der Waals surface area contributed by atoms with Crippen molar-refractivity contribution in [3.63, 3.8) is 0 Å². The van der Waals surface area contributed by atoms with E-state index in [1.165, 1.54) is 5.56 Å². The first kappa shape index (κ1) is 8.57. The van der Waals surface area contributed by atoms with Crippen molar-refractivity contribution in [2.75, 3.05) is 5.32 Å². The number of aliphatic hydroxyl groups excluding tert-OH is 1. The van der Waals surface area contributed by atoms with Gasteiger partial charge in [0.1, 0.15) is 0 Å². The fourth-order valence-corrected chi connectivity index (χ4v) is 1.93. The van der Waals surface area contributed by atoms with Gasteiger partial charge in [0.2, 0.25) is 0 Å². The molecule has 0 spiro atoms. The van der Waals surface area contributed by atoms with Gasteiger partial charge in [0.15, 0.2) is 0 Å². The summed E-state index contributed by atoms with van der Waals surface area (Å²) in [5.41, 5.74) is 3.37. The van der Waals surface area contributed by atoms with Crippen LogP contribution in [0.5, 0.6) is 0 Å². The smallest absolute Gasteiger partial charge is 0.0829 e. The van der Waals surface area contributed by atoms with Crippen molar-refractivity contribution in [2.45, 2.75) is 32.4 Å². The molecule has 1 aromatic rings. The van der Waals surface area contributed by atoms with Gasteiger partial charge < -0.3 is 10.4 Å². The van der Waals surface area contributed by atoms with E-state index in [-0.39, 0.29) is 6.10 Å². The fourth-order valence-electron chi connectivity index (χ4n) is 1.93. The number of rotatable bonds is 0. The summed E-state index contributed by atoms with van der Waals surface area (Å²) in [5, 5.41) is 13.2. The predicted octanol–water partition coefficient (Wildman–Crippen LogP) is 2.23. The lowest BCUT2D eigenvalue weighted by atomic mass is 9.94. The highest BCUT2D eigenvalue weighted by Crippen LogP contribution is 2.34. The molecule has 0 aromatic heterocycles. The second-order valence-electron chi connectivity index (χ2n) is 3.84. The number of aliphatic hydroxyl groups is 1. The molecule has 0 fully saturated rings. The zero-order valence-electron chi connectivity index (χ0n) is 8.04. The maximum atomic E-state index is 9.82. The number of benzene rings is 1. The van der Waals surface area contributed by atoms with Gasteiger partial charge >= 0.3 is 0 Å². The lowest BCUT2D eigenvalue weighted by molar-refractivity contribution is 0.158. The predicted molar refractivity (Wildman–Crippen MR) is 53.8 cm³/mol. The number of nitrogens with one attached hydrogen (secondary N) is 1. The van der Waals surface area contributed by atoms with Crippen LogP contribution in [-0.4, -0.2) is 11.1 Å². The Morgan fingerprint density at radius 1 is 1.46 bits per heavy atom. The minimum Gasteiger partial charge on any atom is -0.388 e. The molecule has 2 unspecified atom stereocenters. The second kappa shape index (κ2) is 3.04. The number of anilines is 1. The third-order valence-corrected chi connectivity index (χ3v) is 2.63. The number of hydrogen-bond donors (Lipinski definition) is 2. The summed E-state index contributed by atoms with van der Waals surface area (Å²) in [6.45, 7) is 4.16. The third kappa shape index (κ3) is 1.42. The molecule has 2 nitrogen and oxygen atoms in total. The van der Waals surface area contributed by atoms with Crippen LogP contribution in [-0.2, 0) is 0 Å². The normalized spacial score (nSPS) is 26.4. The first-order valence-electron chi connectivity index (χ1n) is 4.72. The molecule has 0 radical (unpaired) electrons. The first-order chi connectivity index (χ1) is 6.18. The number of hydrogen-bond acceptors (Lipinski definition) is 2. The summed E-state index contributed by atoms with van der Waals surface area (Å²) in [6.07, 6.45) is 0.502. The van der Waals surface area contributed by atoms with E-state index < -0.39 is 0 Å². The van der Waals surface area contributed by atoms with Gasteiger partial charge in [-0.15, -0.1) is 0 Å². The van der Waals surface area contributed by atoms with Crippen LogP contribution in [0.4, 0.5) is 5.69 Å². The Labute approximate surface area is 78.6 Å². The van der Waals surface area contributed by atoms with Crippen molar-refractivity contribution in [1.82, 2.24) is 0 Å². The summed E-state index contributed by atoms with van der Waals surface area (Å²) in [5.74, 6) is 0. The molecule has 1 aliphatic rings. The summed E-state index contributed by atoms with van der Waals surface area (Å²) in [6, 6.07) is 6.42. The molecule has 2 heteroatoms. The van der Waals surface area contributed by atoms with Crippen LogP contribution in [0.2, 0.25) is 0 Å². The third-order valence-electron chi connectivity index (χ3n) is 2.63. The highest BCUT2D eigenvalue weighted by atomic mass is 16.3. The van der Waals surface area contributed by atoms with Crippen molar-refractivity contribution in [1.29, 1.82) is 0 Å². The Hall–Kier alpha value is -1.02. The minimum absolute atomic E-state index is 0.300. The lowest BCUT2D eigenvalue weighted by Crippen LogP contribution is -2.25. The molecule has 0 amide bonds. The standard InChI is InChI=1S/C11H15NO/c1-7-4-3-5-9-10(13)6-8(2)12-11(7)9/h3-5,8,10,12-13H,6H2,1-2H3. The Kier molecular flexibility index (Phi) is 2.00. The Morgan fingerprint density at radius 2 is 2.23 bits per heavy atom. The van der Waals surface area contributed by atoms with Gasteiger partial charge in [0.25, 0.3) is 0 Å². The largest absolute Gasteiger partial charge is 0.388 e. The highest BCUT2D eigenvalue weighted by Gasteiger charge is 2.22. The quantitative estimate of drug-likeness (QED) is 0.637. The molecule has 1 aliphatic heterocycles. The van der Waals surface area contributed by atoms with E-state index in [1.807, 2.05) is 12.1 Å². The second-order valence-corrected chi connectivity index (χ2v) is 3.84. The zero-order valence-corrected chi connectivity index (χ0v) is 8.04. The number of para-hydroxylation sites is 1. The monoisotopic (exact) mass is 177 g/mol. The van der Waals surface area contributed by atoms with Gasteiger partial charge in [-0.3, -0.25) is 0 Å². The molecular weight excluding hydrogens is 162 g/mol. The van der Waals surface area contributed by atoms with Crippen LogP contribution in [0.1, 0.15) is 30.6 Å². The van der Waals surface area contributed by atoms with E-state index in [1.54, 1.807) is 0 Å². The summed E-state index contributed by atoms with van der Waals surface area (Å²) < 4.78 is 0. The van der Waals surface area contributed by atoms with Crippen molar-refractivity contribution in [3.8, 4) is 0 Å². The van der Waals surface area contributed by atoms with E-state index in [0.29, 0.717) is 6.04 Å². The maximum absolute atomic E-state index is 9.82. The summed E-state index contributed by atoms with van der Waals surface area (Å²) in [4.78, 5) is 0. The molecule has 70 valence electrons. The van der Waals surface area contributed by atoms with Gasteiger partial charge in [0, 0.05) is 17.3 Å². The molecule has 0 saturated carbocycles. The van der Waals surface area contributed by atoms with Crippen molar-refractivity contribution in [2.24, 2.45) is 0 Å². The minimum atomic E-state index is -0.300. The van der Waals surface area contributed by atoms with E-state index >= 15 is 0 Å². The van der Waals surface area contributed by atoms with Crippen LogP contribution < -0.4 is 5.32 Å². The summed E-state index contributed by atoms with van der Waals surface area (Å²) >= 11 is 0. The van der Waals surface area contributed by atoms with Crippen molar-refractivity contribution >= 4 is 5.69 Å². The highest BCUT2D eigenvalue weighted by molar-refractivity contribution is 5.60. The van der Waals surface area contributed by atoms with E-state index in [2.05, 4.69) is 25.2 Å². The summed E-state index contributed by atoms with van der Waals surface area (Å²) in [7, 11) is 0. The molecule has 13 heavy (non-hydrogen) atoms. The molecule has 1 heterocycles. The molecule has 2 rings (SSSR count). The van der Waals surface area contributed by atoms with E-state index in [4.69, 9.17) is 0 Å². The van der Waals surface area contributed by atoms with Gasteiger partial charge in [-0.05, 0) is 25.8 Å². The molecule has 0 aliphatic carbocycles. The van der Waals surface area contributed by atoms with E-state index in [9.17, 15) is 5.11 Å². The molecule has 2 N–H and O–H groups in total. The topological polar surface area (TPSA) is 32.3 Å². The molecule has 2 atom stereocenters. The lowest BCUT2D eigenvalue weighted by Gasteiger charge is -2.29. The van der Waals surface area contributed by atoms with Crippen molar-refractivity contribution in [3.05, 3.63) is 29.3 Å². The maximum Gasteiger partial charge on any atom is 0.0829 e. The average Bonchev–Trinajstić information content (AvgIpc) is 2.07. The van der Waals surface area contributed by atoms with Gasteiger partial charge in [0.05, 0.1) is 6.10 Å². The molecule has 1 aromatic carbocycles. The molecule has 0 bridgehead atoms. The van der Waals surface area contributed by atoms with E-state index in [0.717, 1.165) is 17.7 Å². The van der Waals surface area contributed by atoms with Crippen LogP contribution >= 0.6 is 0 Å². The van der Waals surface area contributed by atoms with Crippen LogP contribution in [0.3, 0.4) is 0 Å². The Bertz CT molecular complexity index is 322. The van der Waals surface area contributed by atoms with Crippen LogP contribution in [0, 0.1) is 6.92 Å². The van der Waals surface area contributed by atoms with Crippen LogP contribution in [0.15, 0.2) is 18.2 Å². The SMILES string of the molecule is Cc1cccc2c1NC(C)CC2O. The first-order valence-corrected chi connectivity index (χ1v) is 4.72. The van der Waals surface area contributed by atoms with Gasteiger partial charge in [-0.1, -0.05) is 18.2 Å². The van der Waals surface area contributed by atoms with Crippen LogP contribution in [0.25, 0.3) is 0 Å². The van der Waals surface area contributed by atoms with Gasteiger partial charge in [-0.25, -0.2) is 0 Å².